The summed E-state index contributed by atoms with van der Waals surface area (Å²) >= 11 is 3.18. The molecule has 1 fully saturated rings. The van der Waals surface area contributed by atoms with Crippen LogP contribution >= 0.6 is 23.5 Å². The lowest BCUT2D eigenvalue weighted by Gasteiger charge is -2.18. The topological polar surface area (TPSA) is 55.2 Å². The maximum atomic E-state index is 11.0. The van der Waals surface area contributed by atoms with Gasteiger partial charge in [0.05, 0.1) is 10.2 Å². The van der Waals surface area contributed by atoms with Crippen molar-refractivity contribution in [1.82, 2.24) is 5.32 Å². The number of hydrogen-bond acceptors (Lipinski definition) is 5. The molecule has 1 rings (SSSR count). The highest BCUT2D eigenvalue weighted by Crippen LogP contribution is 2.28. The molecular formula is C9H16N2O2S2. The molecule has 6 heteroatoms. The Morgan fingerprint density at radius 2 is 2.53 bits per heavy atom. The molecule has 0 aliphatic carbocycles. The number of rotatable bonds is 4. The van der Waals surface area contributed by atoms with Gasteiger partial charge in [-0.1, -0.05) is 6.92 Å². The Morgan fingerprint density at radius 3 is 3.00 bits per heavy atom. The van der Waals surface area contributed by atoms with Crippen molar-refractivity contribution in [2.45, 2.75) is 25.5 Å². The minimum atomic E-state index is -0.242. The van der Waals surface area contributed by atoms with E-state index in [1.165, 1.54) is 0 Å². The molecule has 0 saturated carbocycles. The van der Waals surface area contributed by atoms with Crippen LogP contribution in [0.3, 0.4) is 0 Å². The van der Waals surface area contributed by atoms with E-state index in [1.807, 2.05) is 13.8 Å². The average Bonchev–Trinajstić information content (AvgIpc) is 2.19. The van der Waals surface area contributed by atoms with Gasteiger partial charge in [-0.05, 0) is 19.1 Å². The normalized spacial score (nSPS) is 21.7. The van der Waals surface area contributed by atoms with Crippen LogP contribution in [0.4, 0.5) is 0 Å². The van der Waals surface area contributed by atoms with Crippen molar-refractivity contribution in [3.8, 4) is 0 Å². The fourth-order valence-corrected chi connectivity index (χ4v) is 3.44. The van der Waals surface area contributed by atoms with Crippen LogP contribution in [0.5, 0.6) is 0 Å². The smallest absolute Gasteiger partial charge is 0.288 e. The molecule has 1 atom stereocenters. The maximum Gasteiger partial charge on any atom is 0.288 e. The fourth-order valence-electron chi connectivity index (χ4n) is 1.41. The molecule has 0 radical (unpaired) electrons. The highest BCUT2D eigenvalue weighted by atomic mass is 32.2. The molecule has 0 bridgehead atoms. The van der Waals surface area contributed by atoms with Crippen LogP contribution in [0.1, 0.15) is 20.3 Å². The van der Waals surface area contributed by atoms with Gasteiger partial charge in [-0.3, -0.25) is 10.1 Å². The van der Waals surface area contributed by atoms with Crippen molar-refractivity contribution in [3.05, 3.63) is 20.8 Å². The third-order valence-corrected chi connectivity index (χ3v) is 4.28. The Labute approximate surface area is 98.4 Å². The van der Waals surface area contributed by atoms with Gasteiger partial charge >= 0.3 is 0 Å². The molecule has 0 aromatic carbocycles. The lowest BCUT2D eigenvalue weighted by atomic mass is 10.3. The molecule has 0 aromatic heterocycles. The Bertz CT molecular complexity index is 261. The number of hydrogen-bond donors (Lipinski definition) is 1. The summed E-state index contributed by atoms with van der Waals surface area (Å²) in [6, 6.07) is 0. The van der Waals surface area contributed by atoms with Gasteiger partial charge in [0.25, 0.3) is 5.70 Å². The van der Waals surface area contributed by atoms with Gasteiger partial charge < -0.3 is 5.32 Å². The third kappa shape index (κ3) is 3.61. The van der Waals surface area contributed by atoms with Crippen LogP contribution in [0, 0.1) is 10.1 Å². The molecule has 0 aromatic rings. The minimum absolute atomic E-state index is 0.0434. The summed E-state index contributed by atoms with van der Waals surface area (Å²) in [6.45, 7) is 4.77. The highest BCUT2D eigenvalue weighted by molar-refractivity contribution is 8.03. The molecule has 1 aliphatic rings. The van der Waals surface area contributed by atoms with Crippen molar-refractivity contribution in [3.63, 3.8) is 0 Å². The van der Waals surface area contributed by atoms with E-state index in [9.17, 15) is 10.1 Å². The Hall–Kier alpha value is -0.360. The number of nitro groups is 1. The van der Waals surface area contributed by atoms with E-state index >= 15 is 0 Å². The van der Waals surface area contributed by atoms with Crippen molar-refractivity contribution in [2.75, 3.05) is 18.1 Å². The first-order valence-electron chi connectivity index (χ1n) is 5.03. The monoisotopic (exact) mass is 248 g/mol. The van der Waals surface area contributed by atoms with E-state index in [0.29, 0.717) is 5.70 Å². The summed E-state index contributed by atoms with van der Waals surface area (Å²) < 4.78 is 0. The van der Waals surface area contributed by atoms with Crippen molar-refractivity contribution in [2.24, 2.45) is 0 Å². The first-order chi connectivity index (χ1) is 7.16. The Morgan fingerprint density at radius 1 is 1.80 bits per heavy atom. The van der Waals surface area contributed by atoms with Gasteiger partial charge in [-0.2, -0.15) is 0 Å². The summed E-state index contributed by atoms with van der Waals surface area (Å²) in [4.78, 5) is 10.8. The molecule has 86 valence electrons. The van der Waals surface area contributed by atoms with Gasteiger partial charge in [-0.25, -0.2) is 0 Å². The van der Waals surface area contributed by atoms with Crippen molar-refractivity contribution in [1.29, 1.82) is 0 Å². The molecule has 4 nitrogen and oxygen atoms in total. The fraction of sp³-hybridized carbons (Fsp3) is 0.778. The van der Waals surface area contributed by atoms with E-state index in [1.54, 1.807) is 23.5 Å². The second-order valence-electron chi connectivity index (χ2n) is 3.20. The molecule has 15 heavy (non-hydrogen) atoms. The SMILES string of the molecule is CCSC(C)/C(=C1/NCCCS1)[N+](=O)[O-]. The second-order valence-corrected chi connectivity index (χ2v) is 5.92. The highest BCUT2D eigenvalue weighted by Gasteiger charge is 2.27. The standard InChI is InChI=1S/C9H16N2O2S2/c1-3-14-7(2)8(11(12)13)9-10-5-4-6-15-9/h7,10H,3-6H2,1-2H3/b9-8+. The number of nitrogens with zero attached hydrogens (tertiary/aromatic N) is 1. The van der Waals surface area contributed by atoms with E-state index < -0.39 is 0 Å². The van der Waals surface area contributed by atoms with Crippen LogP contribution < -0.4 is 5.32 Å². The van der Waals surface area contributed by atoms with E-state index in [2.05, 4.69) is 5.32 Å². The summed E-state index contributed by atoms with van der Waals surface area (Å²) in [6.07, 6.45) is 1.08. The van der Waals surface area contributed by atoms with E-state index in [4.69, 9.17) is 0 Å². The maximum absolute atomic E-state index is 11.0. The zero-order chi connectivity index (χ0) is 11.3. The van der Waals surface area contributed by atoms with Gasteiger partial charge in [0.1, 0.15) is 5.03 Å². The molecule has 1 N–H and O–H groups in total. The second kappa shape index (κ2) is 6.27. The van der Waals surface area contributed by atoms with Crippen LogP contribution in [0.2, 0.25) is 0 Å². The molecule has 1 saturated heterocycles. The molecule has 1 aliphatic heterocycles. The third-order valence-electron chi connectivity index (χ3n) is 2.08. The largest absolute Gasteiger partial charge is 0.374 e. The Balaban J connectivity index is 2.83. The zero-order valence-electron chi connectivity index (χ0n) is 8.99. The zero-order valence-corrected chi connectivity index (χ0v) is 10.6. The minimum Gasteiger partial charge on any atom is -0.374 e. The summed E-state index contributed by atoms with van der Waals surface area (Å²) in [5, 5.41) is 14.8. The molecule has 1 heterocycles. The molecular weight excluding hydrogens is 232 g/mol. The van der Waals surface area contributed by atoms with Gasteiger partial charge in [0.15, 0.2) is 0 Å². The average molecular weight is 248 g/mol. The lowest BCUT2D eigenvalue weighted by molar-refractivity contribution is -0.427. The first kappa shape index (κ1) is 12.7. The van der Waals surface area contributed by atoms with Crippen LogP contribution in [0.15, 0.2) is 10.7 Å². The van der Waals surface area contributed by atoms with E-state index in [0.717, 1.165) is 29.5 Å². The number of thioether (sulfide) groups is 2. The summed E-state index contributed by atoms with van der Waals surface area (Å²) in [7, 11) is 0. The van der Waals surface area contributed by atoms with Crippen LogP contribution in [-0.2, 0) is 0 Å². The summed E-state index contributed by atoms with van der Waals surface area (Å²) in [5.74, 6) is 1.87. The number of nitrogens with one attached hydrogen (secondary N) is 1. The predicted octanol–water partition coefficient (Wildman–Crippen LogP) is 2.30. The summed E-state index contributed by atoms with van der Waals surface area (Å²) in [5.41, 5.74) is 0.339. The van der Waals surface area contributed by atoms with Crippen LogP contribution in [-0.4, -0.2) is 28.2 Å². The van der Waals surface area contributed by atoms with E-state index in [-0.39, 0.29) is 10.2 Å². The first-order valence-corrected chi connectivity index (χ1v) is 7.07. The molecule has 0 spiro atoms. The predicted molar refractivity (Wildman–Crippen MR) is 66.7 cm³/mol. The molecule has 0 amide bonds. The van der Waals surface area contributed by atoms with Crippen LogP contribution in [0.25, 0.3) is 0 Å². The lowest BCUT2D eigenvalue weighted by Crippen LogP contribution is -2.25. The molecule has 1 unspecified atom stereocenters. The van der Waals surface area contributed by atoms with Gasteiger partial charge in [-0.15, -0.1) is 23.5 Å². The van der Waals surface area contributed by atoms with Gasteiger partial charge in [0, 0.05) is 12.3 Å². The van der Waals surface area contributed by atoms with Crippen molar-refractivity contribution < 1.29 is 4.92 Å². The quantitative estimate of drug-likeness (QED) is 0.611. The Kier molecular flexibility index (Phi) is 5.31. The van der Waals surface area contributed by atoms with Crippen molar-refractivity contribution >= 4 is 23.5 Å². The van der Waals surface area contributed by atoms with Gasteiger partial charge in [0.2, 0.25) is 0 Å².